The van der Waals surface area contributed by atoms with Gasteiger partial charge in [-0.2, -0.15) is 5.10 Å². The third kappa shape index (κ3) is 3.67. The second-order valence-corrected chi connectivity index (χ2v) is 6.01. The summed E-state index contributed by atoms with van der Waals surface area (Å²) >= 11 is 0. The van der Waals surface area contributed by atoms with E-state index in [2.05, 4.69) is 10.4 Å². The summed E-state index contributed by atoms with van der Waals surface area (Å²) in [5.74, 6) is -0.805. The standard InChI is InChI=1S/C17H21N5O2.ClH/c1-11-12(2)21(9-8-19-11)17(24)14-10-15(16(18)23)22(20-14)13-6-4-3-5-7-13;/h3-7,10-12,19H,8-9H2,1-2H3,(H2,18,23);1H. The normalized spacial score (nSPS) is 20.0. The summed E-state index contributed by atoms with van der Waals surface area (Å²) in [5.41, 5.74) is 6.57. The van der Waals surface area contributed by atoms with E-state index in [4.69, 9.17) is 5.73 Å². The average Bonchev–Trinajstić information content (AvgIpc) is 3.03. The third-order valence-corrected chi connectivity index (χ3v) is 4.48. The highest BCUT2D eigenvalue weighted by atomic mass is 35.5. The maximum atomic E-state index is 12.8. The van der Waals surface area contributed by atoms with Gasteiger partial charge in [0.1, 0.15) is 5.69 Å². The number of rotatable bonds is 3. The van der Waals surface area contributed by atoms with Crippen molar-refractivity contribution in [1.29, 1.82) is 0 Å². The van der Waals surface area contributed by atoms with E-state index in [9.17, 15) is 9.59 Å². The highest BCUT2D eigenvalue weighted by Crippen LogP contribution is 2.17. The molecule has 0 bridgehead atoms. The molecule has 7 nitrogen and oxygen atoms in total. The van der Waals surface area contributed by atoms with Gasteiger partial charge in [0.2, 0.25) is 0 Å². The maximum absolute atomic E-state index is 12.8. The van der Waals surface area contributed by atoms with E-state index in [-0.39, 0.29) is 41.8 Å². The highest BCUT2D eigenvalue weighted by Gasteiger charge is 2.31. The molecule has 2 aromatic rings. The van der Waals surface area contributed by atoms with Gasteiger partial charge < -0.3 is 16.0 Å². The number of amides is 2. The predicted octanol–water partition coefficient (Wildman–Crippen LogP) is 1.22. The number of benzene rings is 1. The van der Waals surface area contributed by atoms with Crippen molar-refractivity contribution < 1.29 is 9.59 Å². The Kier molecular flexibility index (Phi) is 5.81. The van der Waals surface area contributed by atoms with Crippen LogP contribution < -0.4 is 11.1 Å². The Labute approximate surface area is 152 Å². The summed E-state index contributed by atoms with van der Waals surface area (Å²) in [5, 5.41) is 7.68. The summed E-state index contributed by atoms with van der Waals surface area (Å²) in [6.45, 7) is 5.38. The topological polar surface area (TPSA) is 93.3 Å². The van der Waals surface area contributed by atoms with Crippen LogP contribution in [-0.2, 0) is 0 Å². The van der Waals surface area contributed by atoms with E-state index >= 15 is 0 Å². The molecule has 1 aromatic heterocycles. The lowest BCUT2D eigenvalue weighted by Gasteiger charge is -2.38. The molecule has 3 rings (SSSR count). The number of para-hydroxylation sites is 1. The van der Waals surface area contributed by atoms with Gasteiger partial charge in [0.05, 0.1) is 5.69 Å². The summed E-state index contributed by atoms with van der Waals surface area (Å²) in [4.78, 5) is 26.4. The Bertz CT molecular complexity index is 762. The minimum absolute atomic E-state index is 0. The Morgan fingerprint density at radius 1 is 1.24 bits per heavy atom. The molecule has 25 heavy (non-hydrogen) atoms. The molecular weight excluding hydrogens is 342 g/mol. The SMILES string of the molecule is CC1NCCN(C(=O)c2cc(C(N)=O)n(-c3ccccc3)n2)C1C.Cl. The van der Waals surface area contributed by atoms with Crippen molar-refractivity contribution in [1.82, 2.24) is 20.0 Å². The molecule has 1 fully saturated rings. The van der Waals surface area contributed by atoms with E-state index in [0.717, 1.165) is 6.54 Å². The van der Waals surface area contributed by atoms with Crippen molar-refractivity contribution in [3.05, 3.63) is 47.8 Å². The molecule has 1 saturated heterocycles. The number of carbonyl (C=O) groups excluding carboxylic acids is 2. The average molecular weight is 364 g/mol. The molecule has 0 spiro atoms. The van der Waals surface area contributed by atoms with Gasteiger partial charge in [-0.1, -0.05) is 18.2 Å². The summed E-state index contributed by atoms with van der Waals surface area (Å²) in [7, 11) is 0. The summed E-state index contributed by atoms with van der Waals surface area (Å²) in [6, 6.07) is 10.9. The molecule has 0 saturated carbocycles. The lowest BCUT2D eigenvalue weighted by atomic mass is 10.1. The quantitative estimate of drug-likeness (QED) is 0.857. The minimum Gasteiger partial charge on any atom is -0.364 e. The zero-order valence-electron chi connectivity index (χ0n) is 14.2. The Balaban J connectivity index is 0.00000225. The first-order valence-corrected chi connectivity index (χ1v) is 7.98. The second-order valence-electron chi connectivity index (χ2n) is 6.01. The molecule has 2 amide bonds. The molecule has 0 aliphatic carbocycles. The number of carbonyl (C=O) groups is 2. The van der Waals surface area contributed by atoms with Gasteiger partial charge in [0.25, 0.3) is 11.8 Å². The van der Waals surface area contributed by atoms with Gasteiger partial charge in [-0.25, -0.2) is 4.68 Å². The molecule has 1 aromatic carbocycles. The maximum Gasteiger partial charge on any atom is 0.274 e. The van der Waals surface area contributed by atoms with Crippen LogP contribution in [0.1, 0.15) is 34.8 Å². The van der Waals surface area contributed by atoms with Crippen molar-refractivity contribution in [2.45, 2.75) is 25.9 Å². The zero-order valence-corrected chi connectivity index (χ0v) is 15.0. The monoisotopic (exact) mass is 363 g/mol. The second kappa shape index (κ2) is 7.67. The van der Waals surface area contributed by atoms with Crippen molar-refractivity contribution in [2.75, 3.05) is 13.1 Å². The van der Waals surface area contributed by atoms with Crippen LogP contribution in [0, 0.1) is 0 Å². The largest absolute Gasteiger partial charge is 0.364 e. The lowest BCUT2D eigenvalue weighted by Crippen LogP contribution is -2.57. The van der Waals surface area contributed by atoms with Crippen LogP contribution in [0.15, 0.2) is 36.4 Å². The molecule has 3 N–H and O–H groups in total. The molecule has 134 valence electrons. The molecule has 2 atom stereocenters. The smallest absolute Gasteiger partial charge is 0.274 e. The molecule has 2 unspecified atom stereocenters. The molecular formula is C17H22ClN5O2. The van der Waals surface area contributed by atoms with Crippen molar-refractivity contribution in [3.8, 4) is 5.69 Å². The number of primary amides is 1. The van der Waals surface area contributed by atoms with Gasteiger partial charge in [-0.15, -0.1) is 12.4 Å². The van der Waals surface area contributed by atoms with Gasteiger partial charge in [-0.05, 0) is 26.0 Å². The van der Waals surface area contributed by atoms with Crippen LogP contribution in [0.4, 0.5) is 0 Å². The van der Waals surface area contributed by atoms with E-state index in [1.165, 1.54) is 10.7 Å². The number of piperazine rings is 1. The van der Waals surface area contributed by atoms with Crippen LogP contribution in [0.2, 0.25) is 0 Å². The van der Waals surface area contributed by atoms with Gasteiger partial charge >= 0.3 is 0 Å². The fourth-order valence-electron chi connectivity index (χ4n) is 2.92. The summed E-state index contributed by atoms with van der Waals surface area (Å²) in [6.07, 6.45) is 0. The van der Waals surface area contributed by atoms with Crippen LogP contribution >= 0.6 is 12.4 Å². The van der Waals surface area contributed by atoms with Crippen LogP contribution in [0.5, 0.6) is 0 Å². The number of hydrogen-bond donors (Lipinski definition) is 2. The molecule has 2 heterocycles. The van der Waals surface area contributed by atoms with Crippen molar-refractivity contribution >= 4 is 24.2 Å². The van der Waals surface area contributed by atoms with Crippen molar-refractivity contribution in [3.63, 3.8) is 0 Å². The fourth-order valence-corrected chi connectivity index (χ4v) is 2.92. The lowest BCUT2D eigenvalue weighted by molar-refractivity contribution is 0.0596. The number of hydrogen-bond acceptors (Lipinski definition) is 4. The highest BCUT2D eigenvalue weighted by molar-refractivity contribution is 5.97. The first-order valence-electron chi connectivity index (χ1n) is 7.98. The van der Waals surface area contributed by atoms with Gasteiger partial charge in [0, 0.05) is 31.2 Å². The first-order chi connectivity index (χ1) is 11.5. The fraction of sp³-hybridized carbons (Fsp3) is 0.353. The van der Waals surface area contributed by atoms with Crippen LogP contribution in [0.3, 0.4) is 0 Å². The summed E-state index contributed by atoms with van der Waals surface area (Å²) < 4.78 is 1.42. The molecule has 1 aliphatic heterocycles. The third-order valence-electron chi connectivity index (χ3n) is 4.48. The van der Waals surface area contributed by atoms with E-state index < -0.39 is 5.91 Å². The first kappa shape index (κ1) is 19.0. The Morgan fingerprint density at radius 2 is 1.92 bits per heavy atom. The molecule has 8 heteroatoms. The molecule has 1 aliphatic rings. The zero-order chi connectivity index (χ0) is 17.3. The predicted molar refractivity (Wildman–Crippen MR) is 97.3 cm³/mol. The number of nitrogens with zero attached hydrogens (tertiary/aromatic N) is 3. The molecule has 0 radical (unpaired) electrons. The number of aromatic nitrogens is 2. The Morgan fingerprint density at radius 3 is 2.56 bits per heavy atom. The van der Waals surface area contributed by atoms with Gasteiger partial charge in [-0.3, -0.25) is 9.59 Å². The van der Waals surface area contributed by atoms with Crippen molar-refractivity contribution in [2.24, 2.45) is 5.73 Å². The minimum atomic E-state index is -0.618. The Hall–Kier alpha value is -2.38. The van der Waals surface area contributed by atoms with Crippen LogP contribution in [-0.4, -0.2) is 51.7 Å². The number of halogens is 1. The number of nitrogens with one attached hydrogen (secondary N) is 1. The number of nitrogens with two attached hydrogens (primary N) is 1. The van der Waals surface area contributed by atoms with Crippen LogP contribution in [0.25, 0.3) is 5.69 Å². The van der Waals surface area contributed by atoms with Gasteiger partial charge in [0.15, 0.2) is 5.69 Å². The van der Waals surface area contributed by atoms with E-state index in [0.29, 0.717) is 12.2 Å². The van der Waals surface area contributed by atoms with E-state index in [1.807, 2.05) is 44.2 Å². The van der Waals surface area contributed by atoms with E-state index in [1.54, 1.807) is 4.90 Å².